The van der Waals surface area contributed by atoms with Gasteiger partial charge >= 0.3 is 0 Å². The summed E-state index contributed by atoms with van der Waals surface area (Å²) in [5, 5.41) is 0. The summed E-state index contributed by atoms with van der Waals surface area (Å²) >= 11 is 0. The van der Waals surface area contributed by atoms with Crippen LogP contribution in [0.4, 0.5) is 0 Å². The van der Waals surface area contributed by atoms with Gasteiger partial charge in [0.15, 0.2) is 0 Å². The van der Waals surface area contributed by atoms with Gasteiger partial charge in [-0.05, 0) is 13.3 Å². The smallest absolute Gasteiger partial charge is 0.0498 e. The van der Waals surface area contributed by atoms with Crippen LogP contribution < -0.4 is 0 Å². The molecular weight excluding hydrogens is 134 g/mol. The Morgan fingerprint density at radius 3 is 2.78 bits per heavy atom. The van der Waals surface area contributed by atoms with Crippen LogP contribution >= 0.6 is 0 Å². The largest absolute Gasteiger partial charge is 0.253 e. The molecule has 1 N–H and O–H groups in total. The zero-order valence-corrected chi connectivity index (χ0v) is 6.33. The number of nitrogens with one attached hydrogen (secondary N) is 1. The molecule has 0 fully saturated rings. The highest BCUT2D eigenvalue weighted by Crippen LogP contribution is 2.11. The summed E-state index contributed by atoms with van der Waals surface area (Å²) in [6.07, 6.45) is 2.77. The van der Waals surface area contributed by atoms with E-state index in [0.717, 1.165) is 6.42 Å². The van der Waals surface area contributed by atoms with E-state index in [9.17, 15) is 4.21 Å². The molecule has 0 aliphatic carbocycles. The predicted molar refractivity (Wildman–Crippen MR) is 39.0 cm³/mol. The molecule has 9 heavy (non-hydrogen) atoms. The lowest BCUT2D eigenvalue weighted by molar-refractivity contribution is 0.674. The molecule has 0 aromatic rings. The molecule has 0 amide bonds. The summed E-state index contributed by atoms with van der Waals surface area (Å²) in [6, 6.07) is 0. The zero-order chi connectivity index (χ0) is 6.91. The Morgan fingerprint density at radius 2 is 2.44 bits per heavy atom. The van der Waals surface area contributed by atoms with E-state index in [4.69, 9.17) is 4.78 Å². The van der Waals surface area contributed by atoms with Crippen molar-refractivity contribution < 1.29 is 4.21 Å². The van der Waals surface area contributed by atoms with Crippen molar-refractivity contribution in [3.8, 4) is 0 Å². The fourth-order valence-corrected chi connectivity index (χ4v) is 2.16. The Kier molecular flexibility index (Phi) is 1.62. The van der Waals surface area contributed by atoms with Crippen molar-refractivity contribution in [3.05, 3.63) is 11.6 Å². The number of allylic oxidation sites excluding steroid dienone is 1. The monoisotopic (exact) mass is 145 g/mol. The molecular formula is C6H11NOS. The van der Waals surface area contributed by atoms with Crippen LogP contribution in [0, 0.1) is 4.78 Å². The van der Waals surface area contributed by atoms with Gasteiger partial charge in [-0.2, -0.15) is 0 Å². The maximum atomic E-state index is 11.0. The Bertz CT molecular complexity index is 225. The van der Waals surface area contributed by atoms with Crippen molar-refractivity contribution in [2.24, 2.45) is 0 Å². The van der Waals surface area contributed by atoms with Crippen molar-refractivity contribution in [3.63, 3.8) is 0 Å². The highest BCUT2D eigenvalue weighted by molar-refractivity contribution is 7.92. The van der Waals surface area contributed by atoms with Gasteiger partial charge in [0, 0.05) is 21.2 Å². The van der Waals surface area contributed by atoms with Crippen LogP contribution in [0.25, 0.3) is 0 Å². The first-order valence-electron chi connectivity index (χ1n) is 3.00. The second kappa shape index (κ2) is 2.14. The van der Waals surface area contributed by atoms with Crippen LogP contribution in [0.3, 0.4) is 0 Å². The van der Waals surface area contributed by atoms with E-state index in [1.54, 1.807) is 0 Å². The summed E-state index contributed by atoms with van der Waals surface area (Å²) < 4.78 is 18.2. The SMILES string of the molecule is CC1=CCS(=N)(=O)CC1. The van der Waals surface area contributed by atoms with E-state index >= 15 is 0 Å². The molecule has 1 unspecified atom stereocenters. The highest BCUT2D eigenvalue weighted by Gasteiger charge is 2.09. The lowest BCUT2D eigenvalue weighted by Gasteiger charge is -2.10. The Balaban J connectivity index is 2.79. The summed E-state index contributed by atoms with van der Waals surface area (Å²) in [7, 11) is -2.19. The molecule has 0 aromatic carbocycles. The quantitative estimate of drug-likeness (QED) is 0.514. The molecule has 52 valence electrons. The summed E-state index contributed by atoms with van der Waals surface area (Å²) in [5.74, 6) is 1.04. The molecule has 1 rings (SSSR count). The van der Waals surface area contributed by atoms with Crippen LogP contribution in [-0.4, -0.2) is 15.7 Å². The van der Waals surface area contributed by atoms with E-state index in [2.05, 4.69) is 0 Å². The van der Waals surface area contributed by atoms with Crippen molar-refractivity contribution in [2.75, 3.05) is 11.5 Å². The van der Waals surface area contributed by atoms with E-state index < -0.39 is 9.73 Å². The molecule has 1 heterocycles. The Hall–Kier alpha value is -0.310. The summed E-state index contributed by atoms with van der Waals surface area (Å²) in [5.41, 5.74) is 1.28. The van der Waals surface area contributed by atoms with E-state index in [1.807, 2.05) is 13.0 Å². The highest BCUT2D eigenvalue weighted by atomic mass is 32.2. The molecule has 0 bridgehead atoms. The molecule has 0 saturated carbocycles. The fourth-order valence-electron chi connectivity index (χ4n) is 0.788. The average molecular weight is 145 g/mol. The first kappa shape index (κ1) is 6.81. The van der Waals surface area contributed by atoms with Crippen molar-refractivity contribution in [1.29, 1.82) is 4.78 Å². The van der Waals surface area contributed by atoms with Crippen LogP contribution in [-0.2, 0) is 9.73 Å². The maximum Gasteiger partial charge on any atom is 0.0498 e. The summed E-state index contributed by atoms with van der Waals surface area (Å²) in [6.45, 7) is 2.02. The molecule has 3 heteroatoms. The van der Waals surface area contributed by atoms with Crippen LogP contribution in [0.1, 0.15) is 13.3 Å². The standard InChI is InChI=1S/C6H11NOS/c1-6-2-4-9(7,8)5-3-6/h2,7H,3-5H2,1H3. The van der Waals surface area contributed by atoms with E-state index in [1.165, 1.54) is 5.57 Å². The van der Waals surface area contributed by atoms with Gasteiger partial charge in [-0.25, -0.2) is 4.21 Å². The second-order valence-corrected chi connectivity index (χ2v) is 4.85. The van der Waals surface area contributed by atoms with Gasteiger partial charge in [0.25, 0.3) is 0 Å². The van der Waals surface area contributed by atoms with E-state index in [-0.39, 0.29) is 0 Å². The molecule has 0 spiro atoms. The van der Waals surface area contributed by atoms with Gasteiger partial charge < -0.3 is 0 Å². The summed E-state index contributed by atoms with van der Waals surface area (Å²) in [4.78, 5) is 0. The number of hydrogen-bond donors (Lipinski definition) is 1. The first-order chi connectivity index (χ1) is 4.10. The normalized spacial score (nSPS) is 35.9. The molecule has 2 nitrogen and oxygen atoms in total. The van der Waals surface area contributed by atoms with Crippen LogP contribution in [0.2, 0.25) is 0 Å². The Morgan fingerprint density at radius 1 is 1.78 bits per heavy atom. The third-order valence-corrected chi connectivity index (χ3v) is 3.10. The second-order valence-electron chi connectivity index (χ2n) is 2.48. The third kappa shape index (κ3) is 1.82. The van der Waals surface area contributed by atoms with Gasteiger partial charge in [0.2, 0.25) is 0 Å². The predicted octanol–water partition coefficient (Wildman–Crippen LogP) is 1.38. The molecule has 0 saturated heterocycles. The van der Waals surface area contributed by atoms with Crippen LogP contribution in [0.5, 0.6) is 0 Å². The van der Waals surface area contributed by atoms with Gasteiger partial charge in [0.1, 0.15) is 0 Å². The van der Waals surface area contributed by atoms with Crippen molar-refractivity contribution in [1.82, 2.24) is 0 Å². The molecule has 0 radical (unpaired) electrons. The topological polar surface area (TPSA) is 40.9 Å². The minimum Gasteiger partial charge on any atom is -0.253 e. The van der Waals surface area contributed by atoms with Gasteiger partial charge in [0.05, 0.1) is 0 Å². The first-order valence-corrected chi connectivity index (χ1v) is 4.89. The van der Waals surface area contributed by atoms with Crippen molar-refractivity contribution >= 4 is 9.73 Å². The maximum absolute atomic E-state index is 11.0. The third-order valence-electron chi connectivity index (χ3n) is 1.53. The zero-order valence-electron chi connectivity index (χ0n) is 5.52. The minimum absolute atomic E-state index is 0.471. The van der Waals surface area contributed by atoms with Crippen LogP contribution in [0.15, 0.2) is 11.6 Å². The molecule has 1 aliphatic heterocycles. The lowest BCUT2D eigenvalue weighted by Crippen LogP contribution is -2.12. The molecule has 0 aromatic heterocycles. The Labute approximate surface area is 55.9 Å². The lowest BCUT2D eigenvalue weighted by atomic mass is 10.2. The van der Waals surface area contributed by atoms with Gasteiger partial charge in [-0.1, -0.05) is 11.6 Å². The van der Waals surface area contributed by atoms with E-state index in [0.29, 0.717) is 11.5 Å². The van der Waals surface area contributed by atoms with Gasteiger partial charge in [-0.15, -0.1) is 0 Å². The molecule has 1 aliphatic rings. The minimum atomic E-state index is -2.19. The van der Waals surface area contributed by atoms with Crippen molar-refractivity contribution in [2.45, 2.75) is 13.3 Å². The average Bonchev–Trinajstić information content (AvgIpc) is 1.78. The fraction of sp³-hybridized carbons (Fsp3) is 0.667. The molecule has 1 atom stereocenters. The number of rotatable bonds is 0. The number of hydrogen-bond acceptors (Lipinski definition) is 2. The van der Waals surface area contributed by atoms with Gasteiger partial charge in [-0.3, -0.25) is 4.78 Å².